The number of nitrogens with zero attached hydrogens (tertiary/aromatic N) is 3. The molecule has 0 unspecified atom stereocenters. The zero-order valence-corrected chi connectivity index (χ0v) is 11.6. The lowest BCUT2D eigenvalue weighted by Crippen LogP contribution is -2.12. The Labute approximate surface area is 117 Å². The van der Waals surface area contributed by atoms with Gasteiger partial charge in [-0.25, -0.2) is 15.0 Å². The highest BCUT2D eigenvalue weighted by Crippen LogP contribution is 2.25. The van der Waals surface area contributed by atoms with Gasteiger partial charge in [0.2, 0.25) is 0 Å². The van der Waals surface area contributed by atoms with Crippen molar-refractivity contribution in [2.24, 2.45) is 0 Å². The minimum atomic E-state index is 0.114. The van der Waals surface area contributed by atoms with E-state index in [1.807, 2.05) is 12.3 Å². The van der Waals surface area contributed by atoms with Gasteiger partial charge >= 0.3 is 0 Å². The molecule has 0 spiro atoms. The van der Waals surface area contributed by atoms with Crippen LogP contribution in [0, 0.1) is 6.92 Å². The van der Waals surface area contributed by atoms with Crippen LogP contribution in [0.15, 0.2) is 36.9 Å². The van der Waals surface area contributed by atoms with Crippen LogP contribution in [0.2, 0.25) is 0 Å². The summed E-state index contributed by atoms with van der Waals surface area (Å²) in [4.78, 5) is 16.2. The van der Waals surface area contributed by atoms with E-state index in [0.29, 0.717) is 0 Å². The first-order chi connectivity index (χ1) is 9.78. The second kappa shape index (κ2) is 5.28. The summed E-state index contributed by atoms with van der Waals surface area (Å²) in [7, 11) is 0. The molecule has 0 aliphatic heterocycles. The molecule has 2 aromatic heterocycles. The molecule has 0 fully saturated rings. The number of fused-ring (bicyclic) bond motifs is 1. The summed E-state index contributed by atoms with van der Waals surface area (Å²) in [6.07, 6.45) is 6.11. The predicted octanol–water partition coefficient (Wildman–Crippen LogP) is 3.22. The Balaban J connectivity index is 1.99. The number of anilines is 1. The molecule has 0 aliphatic rings. The molecule has 5 nitrogen and oxygen atoms in total. The molecule has 0 saturated heterocycles. The van der Waals surface area contributed by atoms with E-state index in [9.17, 15) is 0 Å². The molecule has 0 bridgehead atoms. The first-order valence-corrected chi connectivity index (χ1v) is 6.75. The second-order valence-electron chi connectivity index (χ2n) is 4.82. The zero-order valence-electron chi connectivity index (χ0n) is 11.6. The number of hydrogen-bond acceptors (Lipinski definition) is 4. The number of aryl methyl sites for hydroxylation is 1. The SMILES string of the molecule is CC[C@H](Nc1ncnc2ccc(C)cc12)c1ncc[nH]1. The van der Waals surface area contributed by atoms with Crippen LogP contribution in [0.5, 0.6) is 0 Å². The fraction of sp³-hybridized carbons (Fsp3) is 0.267. The van der Waals surface area contributed by atoms with Crippen molar-refractivity contribution in [2.45, 2.75) is 26.3 Å². The molecule has 0 saturated carbocycles. The van der Waals surface area contributed by atoms with Crippen LogP contribution in [0.4, 0.5) is 5.82 Å². The number of aromatic nitrogens is 4. The van der Waals surface area contributed by atoms with Gasteiger partial charge in [-0.05, 0) is 25.5 Å². The lowest BCUT2D eigenvalue weighted by molar-refractivity contribution is 0.701. The van der Waals surface area contributed by atoms with Crippen molar-refractivity contribution in [2.75, 3.05) is 5.32 Å². The Morgan fingerprint density at radius 3 is 2.90 bits per heavy atom. The van der Waals surface area contributed by atoms with Gasteiger partial charge in [-0.15, -0.1) is 0 Å². The Morgan fingerprint density at radius 1 is 1.25 bits per heavy atom. The number of benzene rings is 1. The van der Waals surface area contributed by atoms with Crippen LogP contribution >= 0.6 is 0 Å². The van der Waals surface area contributed by atoms with E-state index in [0.717, 1.165) is 29.0 Å². The van der Waals surface area contributed by atoms with Gasteiger partial charge in [-0.2, -0.15) is 0 Å². The van der Waals surface area contributed by atoms with Crippen molar-refractivity contribution in [3.63, 3.8) is 0 Å². The fourth-order valence-electron chi connectivity index (χ4n) is 2.28. The normalized spacial score (nSPS) is 12.5. The Bertz CT molecular complexity index is 705. The maximum absolute atomic E-state index is 4.38. The summed E-state index contributed by atoms with van der Waals surface area (Å²) in [5.74, 6) is 1.77. The molecule has 3 rings (SSSR count). The summed E-state index contributed by atoms with van der Waals surface area (Å²) in [6.45, 7) is 4.19. The smallest absolute Gasteiger partial charge is 0.137 e. The second-order valence-corrected chi connectivity index (χ2v) is 4.82. The number of hydrogen-bond donors (Lipinski definition) is 2. The summed E-state index contributed by atoms with van der Waals surface area (Å²) in [5.41, 5.74) is 2.14. The van der Waals surface area contributed by atoms with E-state index in [-0.39, 0.29) is 6.04 Å². The van der Waals surface area contributed by atoms with E-state index in [1.54, 1.807) is 12.5 Å². The van der Waals surface area contributed by atoms with E-state index in [1.165, 1.54) is 5.56 Å². The fourth-order valence-corrected chi connectivity index (χ4v) is 2.28. The number of nitrogens with one attached hydrogen (secondary N) is 2. The molecular weight excluding hydrogens is 250 g/mol. The van der Waals surface area contributed by atoms with E-state index in [4.69, 9.17) is 0 Å². The standard InChI is InChI=1S/C15H17N5/c1-3-12(15-16-6-7-17-15)20-14-11-8-10(2)4-5-13(11)18-9-19-14/h4-9,12H,3H2,1-2H3,(H,16,17)(H,18,19,20)/t12-/m0/s1. The predicted molar refractivity (Wildman–Crippen MR) is 79.5 cm³/mol. The van der Waals surface area contributed by atoms with Gasteiger partial charge in [-0.1, -0.05) is 18.6 Å². The van der Waals surface area contributed by atoms with E-state index >= 15 is 0 Å². The van der Waals surface area contributed by atoms with Crippen LogP contribution in [-0.2, 0) is 0 Å². The van der Waals surface area contributed by atoms with Crippen molar-refractivity contribution >= 4 is 16.7 Å². The molecule has 0 amide bonds. The first-order valence-electron chi connectivity index (χ1n) is 6.75. The van der Waals surface area contributed by atoms with Gasteiger partial charge in [-0.3, -0.25) is 0 Å². The number of H-pyrrole nitrogens is 1. The topological polar surface area (TPSA) is 66.5 Å². The molecule has 1 atom stereocenters. The van der Waals surface area contributed by atoms with Gasteiger partial charge in [0, 0.05) is 17.8 Å². The number of imidazole rings is 1. The van der Waals surface area contributed by atoms with Gasteiger partial charge < -0.3 is 10.3 Å². The Morgan fingerprint density at radius 2 is 2.15 bits per heavy atom. The summed E-state index contributed by atoms with van der Waals surface area (Å²) in [6, 6.07) is 6.30. The minimum Gasteiger partial charge on any atom is -0.360 e. The van der Waals surface area contributed by atoms with Gasteiger partial charge in [0.05, 0.1) is 11.6 Å². The van der Waals surface area contributed by atoms with E-state index < -0.39 is 0 Å². The van der Waals surface area contributed by atoms with Crippen LogP contribution in [-0.4, -0.2) is 19.9 Å². The molecule has 102 valence electrons. The molecular formula is C15H17N5. The quantitative estimate of drug-likeness (QED) is 0.761. The maximum Gasteiger partial charge on any atom is 0.137 e. The lowest BCUT2D eigenvalue weighted by atomic mass is 10.1. The highest BCUT2D eigenvalue weighted by Gasteiger charge is 2.13. The van der Waals surface area contributed by atoms with Crippen molar-refractivity contribution < 1.29 is 0 Å². The van der Waals surface area contributed by atoms with Crippen molar-refractivity contribution in [1.82, 2.24) is 19.9 Å². The molecule has 20 heavy (non-hydrogen) atoms. The Kier molecular flexibility index (Phi) is 3.33. The average molecular weight is 267 g/mol. The summed E-state index contributed by atoms with van der Waals surface area (Å²) < 4.78 is 0. The molecule has 0 radical (unpaired) electrons. The van der Waals surface area contributed by atoms with Gasteiger partial charge in [0.1, 0.15) is 18.0 Å². The zero-order chi connectivity index (χ0) is 13.9. The first kappa shape index (κ1) is 12.6. The van der Waals surface area contributed by atoms with Gasteiger partial charge in [0.15, 0.2) is 0 Å². The third-order valence-corrected chi connectivity index (χ3v) is 3.36. The lowest BCUT2D eigenvalue weighted by Gasteiger charge is -2.16. The van der Waals surface area contributed by atoms with Crippen molar-refractivity contribution in [3.05, 3.63) is 48.3 Å². The maximum atomic E-state index is 4.38. The molecule has 2 heterocycles. The third kappa shape index (κ3) is 2.34. The van der Waals surface area contributed by atoms with Crippen LogP contribution in [0.3, 0.4) is 0 Å². The molecule has 1 aromatic carbocycles. The van der Waals surface area contributed by atoms with Gasteiger partial charge in [0.25, 0.3) is 0 Å². The summed E-state index contributed by atoms with van der Waals surface area (Å²) in [5, 5.41) is 4.50. The summed E-state index contributed by atoms with van der Waals surface area (Å²) >= 11 is 0. The van der Waals surface area contributed by atoms with Crippen LogP contribution in [0.25, 0.3) is 10.9 Å². The molecule has 3 aromatic rings. The molecule has 5 heteroatoms. The largest absolute Gasteiger partial charge is 0.360 e. The van der Waals surface area contributed by atoms with E-state index in [2.05, 4.69) is 51.2 Å². The molecule has 2 N–H and O–H groups in total. The average Bonchev–Trinajstić information content (AvgIpc) is 2.99. The highest BCUT2D eigenvalue weighted by atomic mass is 15.1. The van der Waals surface area contributed by atoms with Crippen molar-refractivity contribution in [1.29, 1.82) is 0 Å². The minimum absolute atomic E-state index is 0.114. The third-order valence-electron chi connectivity index (χ3n) is 3.36. The highest BCUT2D eigenvalue weighted by molar-refractivity contribution is 5.89. The molecule has 0 aliphatic carbocycles. The van der Waals surface area contributed by atoms with Crippen molar-refractivity contribution in [3.8, 4) is 0 Å². The van der Waals surface area contributed by atoms with Crippen LogP contribution in [0.1, 0.15) is 30.8 Å². The monoisotopic (exact) mass is 267 g/mol. The number of aromatic amines is 1. The Hall–Kier alpha value is -2.43. The number of rotatable bonds is 4. The van der Waals surface area contributed by atoms with Crippen LogP contribution < -0.4 is 5.32 Å².